The Hall–Kier alpha value is -1.59. The number of rotatable bonds is 7. The van der Waals surface area contributed by atoms with Crippen molar-refractivity contribution in [2.75, 3.05) is 6.61 Å². The van der Waals surface area contributed by atoms with Gasteiger partial charge in [-0.25, -0.2) is 0 Å². The Labute approximate surface area is 114 Å². The fourth-order valence-corrected chi connectivity index (χ4v) is 1.97. The first-order chi connectivity index (χ1) is 9.12. The number of aliphatic hydroxyl groups is 1. The van der Waals surface area contributed by atoms with Crippen molar-refractivity contribution >= 4 is 5.84 Å². The lowest BCUT2D eigenvalue weighted by Crippen LogP contribution is -2.29. The van der Waals surface area contributed by atoms with Gasteiger partial charge in [-0.3, -0.25) is 0 Å². The van der Waals surface area contributed by atoms with Crippen molar-refractivity contribution in [1.29, 1.82) is 0 Å². The lowest BCUT2D eigenvalue weighted by molar-refractivity contribution is 0.262. The quantitative estimate of drug-likeness (QED) is 0.259. The molecule has 1 atom stereocenters. The van der Waals surface area contributed by atoms with Gasteiger partial charge in [-0.1, -0.05) is 24.2 Å². The SMILES string of the molecule is CCC(CCO)NCc1ccc(/C(N)=N/O)cc1C. The first-order valence-electron chi connectivity index (χ1n) is 6.54. The van der Waals surface area contributed by atoms with Crippen molar-refractivity contribution in [1.82, 2.24) is 5.32 Å². The van der Waals surface area contributed by atoms with E-state index in [1.807, 2.05) is 25.1 Å². The molecular weight excluding hydrogens is 242 g/mol. The highest BCUT2D eigenvalue weighted by Gasteiger charge is 2.07. The molecule has 0 saturated heterocycles. The Morgan fingerprint density at radius 3 is 2.74 bits per heavy atom. The maximum atomic E-state index is 8.95. The van der Waals surface area contributed by atoms with Crippen LogP contribution >= 0.6 is 0 Å². The van der Waals surface area contributed by atoms with E-state index in [1.54, 1.807) is 0 Å². The van der Waals surface area contributed by atoms with E-state index in [-0.39, 0.29) is 12.4 Å². The van der Waals surface area contributed by atoms with Crippen LogP contribution in [0, 0.1) is 6.92 Å². The number of amidine groups is 1. The van der Waals surface area contributed by atoms with Crippen LogP contribution in [0.5, 0.6) is 0 Å². The van der Waals surface area contributed by atoms with E-state index >= 15 is 0 Å². The van der Waals surface area contributed by atoms with E-state index in [2.05, 4.69) is 17.4 Å². The molecule has 1 aromatic rings. The summed E-state index contributed by atoms with van der Waals surface area (Å²) in [6.07, 6.45) is 1.75. The molecule has 0 aromatic heterocycles. The minimum absolute atomic E-state index is 0.120. The van der Waals surface area contributed by atoms with Gasteiger partial charge < -0.3 is 21.4 Å². The molecular formula is C14H23N3O2. The normalized spacial score (nSPS) is 13.5. The van der Waals surface area contributed by atoms with Crippen LogP contribution in [0.15, 0.2) is 23.4 Å². The van der Waals surface area contributed by atoms with E-state index in [1.165, 1.54) is 5.56 Å². The van der Waals surface area contributed by atoms with E-state index < -0.39 is 0 Å². The highest BCUT2D eigenvalue weighted by atomic mass is 16.4. The minimum atomic E-state index is 0.120. The zero-order valence-corrected chi connectivity index (χ0v) is 11.6. The molecule has 0 heterocycles. The van der Waals surface area contributed by atoms with Crippen molar-refractivity contribution in [2.24, 2.45) is 10.9 Å². The molecule has 0 amide bonds. The number of oxime groups is 1. The summed E-state index contributed by atoms with van der Waals surface area (Å²) in [6, 6.07) is 6.04. The Morgan fingerprint density at radius 2 is 2.21 bits per heavy atom. The highest BCUT2D eigenvalue weighted by Crippen LogP contribution is 2.12. The Morgan fingerprint density at radius 1 is 1.47 bits per heavy atom. The van der Waals surface area contributed by atoms with Gasteiger partial charge in [0.1, 0.15) is 0 Å². The third-order valence-corrected chi connectivity index (χ3v) is 3.30. The number of hydrogen-bond donors (Lipinski definition) is 4. The van der Waals surface area contributed by atoms with Crippen molar-refractivity contribution in [3.63, 3.8) is 0 Å². The van der Waals surface area contributed by atoms with Gasteiger partial charge in [0, 0.05) is 24.8 Å². The monoisotopic (exact) mass is 265 g/mol. The molecule has 19 heavy (non-hydrogen) atoms. The van der Waals surface area contributed by atoms with E-state index in [4.69, 9.17) is 16.0 Å². The molecule has 106 valence electrons. The Kier molecular flexibility index (Phi) is 6.32. The summed E-state index contributed by atoms with van der Waals surface area (Å²) < 4.78 is 0. The highest BCUT2D eigenvalue weighted by molar-refractivity contribution is 5.97. The molecule has 0 bridgehead atoms. The fraction of sp³-hybridized carbons (Fsp3) is 0.500. The average molecular weight is 265 g/mol. The standard InChI is InChI=1S/C14H23N3O2/c1-3-13(6-7-18)16-9-12-5-4-11(8-10(12)2)14(15)17-19/h4-5,8,13,16,18-19H,3,6-7,9H2,1-2H3,(H2,15,17). The molecule has 0 saturated carbocycles. The van der Waals surface area contributed by atoms with Crippen molar-refractivity contribution in [3.05, 3.63) is 34.9 Å². The molecule has 0 fully saturated rings. The summed E-state index contributed by atoms with van der Waals surface area (Å²) in [5.74, 6) is 0.120. The smallest absolute Gasteiger partial charge is 0.170 e. The molecule has 0 aliphatic heterocycles. The van der Waals surface area contributed by atoms with Crippen LogP contribution in [0.3, 0.4) is 0 Å². The Balaban J connectivity index is 2.70. The third-order valence-electron chi connectivity index (χ3n) is 3.30. The van der Waals surface area contributed by atoms with Crippen LogP contribution in [-0.4, -0.2) is 28.8 Å². The molecule has 0 aliphatic carbocycles. The second kappa shape index (κ2) is 7.76. The third kappa shape index (κ3) is 4.54. The van der Waals surface area contributed by atoms with Crippen molar-refractivity contribution in [2.45, 2.75) is 39.3 Å². The summed E-state index contributed by atoms with van der Waals surface area (Å²) in [4.78, 5) is 0. The van der Waals surface area contributed by atoms with Gasteiger partial charge in [0.25, 0.3) is 0 Å². The summed E-state index contributed by atoms with van der Waals surface area (Å²) >= 11 is 0. The van der Waals surface area contributed by atoms with Gasteiger partial charge in [-0.05, 0) is 37.0 Å². The zero-order valence-electron chi connectivity index (χ0n) is 11.6. The second-order valence-electron chi connectivity index (χ2n) is 4.62. The lowest BCUT2D eigenvalue weighted by Gasteiger charge is -2.17. The second-order valence-corrected chi connectivity index (χ2v) is 4.62. The molecule has 5 heteroatoms. The molecule has 5 N–H and O–H groups in total. The summed E-state index contributed by atoms with van der Waals surface area (Å²) in [7, 11) is 0. The molecule has 0 spiro atoms. The van der Waals surface area contributed by atoms with Crippen LogP contribution in [-0.2, 0) is 6.54 Å². The topological polar surface area (TPSA) is 90.9 Å². The van der Waals surface area contributed by atoms with Crippen molar-refractivity contribution in [3.8, 4) is 0 Å². The van der Waals surface area contributed by atoms with Crippen LogP contribution in [0.1, 0.15) is 36.5 Å². The molecule has 1 aromatic carbocycles. The zero-order chi connectivity index (χ0) is 14.3. The van der Waals surface area contributed by atoms with Gasteiger partial charge in [0.2, 0.25) is 0 Å². The van der Waals surface area contributed by atoms with Gasteiger partial charge in [0.15, 0.2) is 5.84 Å². The van der Waals surface area contributed by atoms with Crippen LogP contribution in [0.2, 0.25) is 0 Å². The predicted molar refractivity (Wildman–Crippen MR) is 76.3 cm³/mol. The number of nitrogens with one attached hydrogen (secondary N) is 1. The number of nitrogens with zero attached hydrogens (tertiary/aromatic N) is 1. The summed E-state index contributed by atoms with van der Waals surface area (Å²) in [6.45, 7) is 5.05. The van der Waals surface area contributed by atoms with Gasteiger partial charge in [0.05, 0.1) is 0 Å². The van der Waals surface area contributed by atoms with Crippen LogP contribution in [0.4, 0.5) is 0 Å². The maximum absolute atomic E-state index is 8.95. The van der Waals surface area contributed by atoms with Crippen LogP contribution in [0.25, 0.3) is 0 Å². The average Bonchev–Trinajstić information content (AvgIpc) is 2.43. The molecule has 1 unspecified atom stereocenters. The van der Waals surface area contributed by atoms with E-state index in [0.29, 0.717) is 11.6 Å². The first-order valence-corrected chi connectivity index (χ1v) is 6.54. The van der Waals surface area contributed by atoms with Crippen molar-refractivity contribution < 1.29 is 10.3 Å². The van der Waals surface area contributed by atoms with Gasteiger partial charge in [-0.15, -0.1) is 0 Å². The summed E-state index contributed by atoms with van der Waals surface area (Å²) in [5.41, 5.74) is 8.53. The molecule has 0 radical (unpaired) electrons. The molecule has 1 rings (SSSR count). The molecule has 0 aliphatic rings. The van der Waals surface area contributed by atoms with E-state index in [9.17, 15) is 0 Å². The maximum Gasteiger partial charge on any atom is 0.170 e. The number of benzene rings is 1. The predicted octanol–water partition coefficient (Wildman–Crippen LogP) is 1.34. The van der Waals surface area contributed by atoms with Gasteiger partial charge in [-0.2, -0.15) is 0 Å². The number of nitrogens with two attached hydrogens (primary N) is 1. The molecule has 5 nitrogen and oxygen atoms in total. The lowest BCUT2D eigenvalue weighted by atomic mass is 10.0. The van der Waals surface area contributed by atoms with E-state index in [0.717, 1.165) is 24.9 Å². The summed E-state index contributed by atoms with van der Waals surface area (Å²) in [5, 5.41) is 24.0. The van der Waals surface area contributed by atoms with Crippen LogP contribution < -0.4 is 11.1 Å². The fourth-order valence-electron chi connectivity index (χ4n) is 1.97. The number of aryl methyl sites for hydroxylation is 1. The number of aliphatic hydroxyl groups excluding tert-OH is 1. The van der Waals surface area contributed by atoms with Gasteiger partial charge >= 0.3 is 0 Å². The first kappa shape index (κ1) is 15.5. The Bertz CT molecular complexity index is 433. The number of hydrogen-bond acceptors (Lipinski definition) is 4. The largest absolute Gasteiger partial charge is 0.409 e. The minimum Gasteiger partial charge on any atom is -0.409 e.